The van der Waals surface area contributed by atoms with Crippen molar-refractivity contribution in [2.45, 2.75) is 52.9 Å². The lowest BCUT2D eigenvalue weighted by atomic mass is 9.83. The topological polar surface area (TPSA) is 69.6 Å². The number of amides is 2. The molecule has 0 radical (unpaired) electrons. The minimum atomic E-state index is -0.769. The van der Waals surface area contributed by atoms with E-state index in [9.17, 15) is 14.7 Å². The molecule has 20 heavy (non-hydrogen) atoms. The van der Waals surface area contributed by atoms with Crippen molar-refractivity contribution in [2.24, 2.45) is 11.3 Å². The van der Waals surface area contributed by atoms with Gasteiger partial charge in [0.1, 0.15) is 0 Å². The van der Waals surface area contributed by atoms with Crippen LogP contribution in [-0.4, -0.2) is 41.6 Å². The van der Waals surface area contributed by atoms with Gasteiger partial charge in [0.25, 0.3) is 0 Å². The van der Waals surface area contributed by atoms with Gasteiger partial charge in [-0.15, -0.1) is 0 Å². The van der Waals surface area contributed by atoms with Gasteiger partial charge < -0.3 is 15.3 Å². The highest BCUT2D eigenvalue weighted by atomic mass is 16.4. The molecule has 1 heterocycles. The normalized spacial score (nSPS) is 22.3. The Bertz CT molecular complexity index is 344. The predicted molar refractivity (Wildman–Crippen MR) is 78.6 cm³/mol. The Morgan fingerprint density at radius 1 is 1.40 bits per heavy atom. The zero-order chi connectivity index (χ0) is 15.2. The third-order valence-electron chi connectivity index (χ3n) is 4.06. The lowest BCUT2D eigenvalue weighted by molar-refractivity contribution is -0.148. The zero-order valence-corrected chi connectivity index (χ0v) is 12.9. The van der Waals surface area contributed by atoms with E-state index in [2.05, 4.69) is 19.2 Å². The molecule has 1 fully saturated rings. The van der Waals surface area contributed by atoms with E-state index < -0.39 is 11.4 Å². The molecular weight excluding hydrogens is 256 g/mol. The van der Waals surface area contributed by atoms with E-state index >= 15 is 0 Å². The Labute approximate surface area is 121 Å². The lowest BCUT2D eigenvalue weighted by Crippen LogP contribution is -2.42. The smallest absolute Gasteiger partial charge is 0.317 e. The minimum absolute atomic E-state index is 0.118. The van der Waals surface area contributed by atoms with Gasteiger partial charge in [0.2, 0.25) is 0 Å². The van der Waals surface area contributed by atoms with Gasteiger partial charge in [0, 0.05) is 19.6 Å². The highest BCUT2D eigenvalue weighted by Gasteiger charge is 2.45. The molecule has 0 spiro atoms. The average molecular weight is 284 g/mol. The van der Waals surface area contributed by atoms with Crippen molar-refractivity contribution in [3.05, 3.63) is 0 Å². The summed E-state index contributed by atoms with van der Waals surface area (Å²) in [5, 5.41) is 12.3. The number of rotatable bonds is 7. The van der Waals surface area contributed by atoms with Crippen LogP contribution in [0.4, 0.5) is 4.79 Å². The van der Waals surface area contributed by atoms with Gasteiger partial charge in [-0.3, -0.25) is 4.79 Å². The Morgan fingerprint density at radius 2 is 2.10 bits per heavy atom. The van der Waals surface area contributed by atoms with Crippen LogP contribution in [0.15, 0.2) is 0 Å². The third-order valence-corrected chi connectivity index (χ3v) is 4.06. The van der Waals surface area contributed by atoms with E-state index in [1.54, 1.807) is 4.90 Å². The zero-order valence-electron chi connectivity index (χ0n) is 12.9. The van der Waals surface area contributed by atoms with Crippen molar-refractivity contribution in [1.29, 1.82) is 0 Å². The third kappa shape index (κ3) is 4.39. The van der Waals surface area contributed by atoms with Crippen LogP contribution in [-0.2, 0) is 4.79 Å². The molecule has 1 atom stereocenters. The summed E-state index contributed by atoms with van der Waals surface area (Å²) in [6.07, 6.45) is 4.09. The lowest BCUT2D eigenvalue weighted by Gasteiger charge is -2.24. The monoisotopic (exact) mass is 284 g/mol. The quantitative estimate of drug-likeness (QED) is 0.706. The van der Waals surface area contributed by atoms with Crippen LogP contribution in [0.25, 0.3) is 0 Å². The van der Waals surface area contributed by atoms with E-state index in [1.165, 1.54) is 0 Å². The van der Waals surface area contributed by atoms with Crippen LogP contribution in [0.3, 0.4) is 0 Å². The fourth-order valence-corrected chi connectivity index (χ4v) is 2.83. The van der Waals surface area contributed by atoms with Crippen LogP contribution < -0.4 is 5.32 Å². The van der Waals surface area contributed by atoms with Crippen LogP contribution >= 0.6 is 0 Å². The Morgan fingerprint density at radius 3 is 2.65 bits per heavy atom. The van der Waals surface area contributed by atoms with E-state index in [0.717, 1.165) is 19.3 Å². The molecule has 0 aromatic heterocycles. The van der Waals surface area contributed by atoms with Crippen molar-refractivity contribution in [3.8, 4) is 0 Å². The van der Waals surface area contributed by atoms with Crippen molar-refractivity contribution < 1.29 is 14.7 Å². The molecule has 2 N–H and O–H groups in total. The average Bonchev–Trinajstić information content (AvgIpc) is 2.80. The molecule has 1 unspecified atom stereocenters. The number of carboxylic acid groups (broad SMARTS) is 1. The fraction of sp³-hybridized carbons (Fsp3) is 0.867. The predicted octanol–water partition coefficient (Wildman–Crippen LogP) is 2.71. The number of urea groups is 1. The largest absolute Gasteiger partial charge is 0.481 e. The number of nitrogens with zero attached hydrogens (tertiary/aromatic N) is 1. The Balaban J connectivity index is 2.42. The first-order chi connectivity index (χ1) is 9.41. The summed E-state index contributed by atoms with van der Waals surface area (Å²) < 4.78 is 0. The molecule has 5 nitrogen and oxygen atoms in total. The highest BCUT2D eigenvalue weighted by Crippen LogP contribution is 2.35. The summed E-state index contributed by atoms with van der Waals surface area (Å²) in [6, 6.07) is -0.118. The van der Waals surface area contributed by atoms with Crippen LogP contribution in [0.5, 0.6) is 0 Å². The maximum absolute atomic E-state index is 12.0. The molecule has 1 aliphatic rings. The molecule has 0 bridgehead atoms. The highest BCUT2D eigenvalue weighted by molar-refractivity contribution is 5.79. The van der Waals surface area contributed by atoms with Gasteiger partial charge in [-0.2, -0.15) is 0 Å². The Kier molecular flexibility index (Phi) is 6.30. The van der Waals surface area contributed by atoms with Crippen molar-refractivity contribution >= 4 is 12.0 Å². The SMILES string of the molecule is CCCC1(C(=O)O)CCN(C(=O)NCCCC(C)C)C1. The van der Waals surface area contributed by atoms with Crippen molar-refractivity contribution in [2.75, 3.05) is 19.6 Å². The van der Waals surface area contributed by atoms with Gasteiger partial charge in [0.05, 0.1) is 5.41 Å². The molecule has 116 valence electrons. The molecule has 0 aromatic carbocycles. The molecule has 2 amide bonds. The molecule has 5 heteroatoms. The molecule has 1 rings (SSSR count). The molecule has 0 aliphatic carbocycles. The number of nitrogens with one attached hydrogen (secondary N) is 1. The second kappa shape index (κ2) is 7.50. The number of aliphatic carboxylic acids is 1. The first kappa shape index (κ1) is 16.8. The molecule has 0 aromatic rings. The van der Waals surface area contributed by atoms with E-state index in [4.69, 9.17) is 0 Å². The summed E-state index contributed by atoms with van der Waals surface area (Å²) in [6.45, 7) is 7.86. The van der Waals surface area contributed by atoms with Gasteiger partial charge in [-0.05, 0) is 31.6 Å². The second-order valence-electron chi connectivity index (χ2n) is 6.28. The number of hydrogen-bond donors (Lipinski definition) is 2. The first-order valence-electron chi connectivity index (χ1n) is 7.67. The van der Waals surface area contributed by atoms with E-state index in [-0.39, 0.29) is 6.03 Å². The standard InChI is InChI=1S/C15H28N2O3/c1-4-7-15(13(18)19)8-10-17(11-15)14(20)16-9-5-6-12(2)3/h12H,4-11H2,1-3H3,(H,16,20)(H,18,19). The fourth-order valence-electron chi connectivity index (χ4n) is 2.83. The molecule has 0 saturated carbocycles. The van der Waals surface area contributed by atoms with E-state index in [0.29, 0.717) is 38.4 Å². The summed E-state index contributed by atoms with van der Waals surface area (Å²) >= 11 is 0. The van der Waals surface area contributed by atoms with E-state index in [1.807, 2.05) is 6.92 Å². The van der Waals surface area contributed by atoms with Crippen LogP contribution in [0.1, 0.15) is 52.9 Å². The van der Waals surface area contributed by atoms with Gasteiger partial charge in [-0.25, -0.2) is 4.79 Å². The van der Waals surface area contributed by atoms with Crippen LogP contribution in [0, 0.1) is 11.3 Å². The number of carboxylic acids is 1. The summed E-state index contributed by atoms with van der Waals surface area (Å²) in [4.78, 5) is 25.1. The maximum Gasteiger partial charge on any atom is 0.317 e. The van der Waals surface area contributed by atoms with Crippen molar-refractivity contribution in [1.82, 2.24) is 10.2 Å². The summed E-state index contributed by atoms with van der Waals surface area (Å²) in [5.74, 6) is -0.127. The van der Waals surface area contributed by atoms with Crippen LogP contribution in [0.2, 0.25) is 0 Å². The maximum atomic E-state index is 12.0. The second-order valence-corrected chi connectivity index (χ2v) is 6.28. The summed E-state index contributed by atoms with van der Waals surface area (Å²) in [5.41, 5.74) is -0.732. The Hall–Kier alpha value is -1.26. The number of carbonyl (C=O) groups is 2. The minimum Gasteiger partial charge on any atom is -0.481 e. The van der Waals surface area contributed by atoms with Gasteiger partial charge in [-0.1, -0.05) is 27.2 Å². The molecule has 1 aliphatic heterocycles. The molecular formula is C15H28N2O3. The first-order valence-corrected chi connectivity index (χ1v) is 7.67. The number of carbonyl (C=O) groups excluding carboxylic acids is 1. The van der Waals surface area contributed by atoms with Crippen molar-refractivity contribution in [3.63, 3.8) is 0 Å². The van der Waals surface area contributed by atoms with Gasteiger partial charge >= 0.3 is 12.0 Å². The van der Waals surface area contributed by atoms with Gasteiger partial charge in [0.15, 0.2) is 0 Å². The molecule has 1 saturated heterocycles. The number of likely N-dealkylation sites (tertiary alicyclic amines) is 1. The number of hydrogen-bond acceptors (Lipinski definition) is 2. The summed E-state index contributed by atoms with van der Waals surface area (Å²) in [7, 11) is 0.